The van der Waals surface area contributed by atoms with Crippen LogP contribution in [0.3, 0.4) is 0 Å². The fourth-order valence-corrected chi connectivity index (χ4v) is 4.51. The highest BCUT2D eigenvalue weighted by Crippen LogP contribution is 2.43. The van der Waals surface area contributed by atoms with Crippen molar-refractivity contribution in [2.75, 3.05) is 30.0 Å². The Hall–Kier alpha value is -3.84. The van der Waals surface area contributed by atoms with Gasteiger partial charge in [-0.1, -0.05) is 23.7 Å². The number of hydrogen-bond acceptors (Lipinski definition) is 6. The number of nitrogens with zero attached hydrogens (tertiary/aromatic N) is 3. The van der Waals surface area contributed by atoms with Gasteiger partial charge in [-0.25, -0.2) is 0 Å². The van der Waals surface area contributed by atoms with Gasteiger partial charge >= 0.3 is 0 Å². The molecule has 5 rings (SSSR count). The van der Waals surface area contributed by atoms with E-state index in [9.17, 15) is 14.7 Å². The largest absolute Gasteiger partial charge is 0.507 e. The molecule has 172 valence electrons. The zero-order valence-corrected chi connectivity index (χ0v) is 19.4. The fraction of sp³-hybridized carbons (Fsp3) is 0.192. The smallest absolute Gasteiger partial charge is 0.300 e. The number of anilines is 2. The van der Waals surface area contributed by atoms with E-state index in [0.717, 1.165) is 11.3 Å². The number of Topliss-reactive ketones (excluding diaryl/α,β-unsaturated/α-hetero) is 1. The predicted molar refractivity (Wildman–Crippen MR) is 130 cm³/mol. The zero-order valence-electron chi connectivity index (χ0n) is 18.7. The van der Waals surface area contributed by atoms with Crippen LogP contribution >= 0.6 is 11.6 Å². The minimum Gasteiger partial charge on any atom is -0.507 e. The molecule has 8 heteroatoms. The summed E-state index contributed by atoms with van der Waals surface area (Å²) in [5.74, 6) is -1.07. The molecule has 1 aromatic heterocycles. The Balaban J connectivity index is 1.69. The Morgan fingerprint density at radius 3 is 2.74 bits per heavy atom. The van der Waals surface area contributed by atoms with Crippen molar-refractivity contribution in [3.05, 3.63) is 88.2 Å². The van der Waals surface area contributed by atoms with E-state index in [2.05, 4.69) is 4.98 Å². The van der Waals surface area contributed by atoms with Crippen LogP contribution in [0.5, 0.6) is 5.75 Å². The molecule has 3 aromatic rings. The molecule has 1 amide bonds. The van der Waals surface area contributed by atoms with Crippen molar-refractivity contribution in [1.29, 1.82) is 0 Å². The first-order chi connectivity index (χ1) is 16.4. The van der Waals surface area contributed by atoms with Gasteiger partial charge in [0.25, 0.3) is 11.7 Å². The third kappa shape index (κ3) is 3.58. The molecule has 0 saturated carbocycles. The van der Waals surface area contributed by atoms with Crippen LogP contribution in [0.1, 0.15) is 22.7 Å². The number of ketones is 1. The number of carbonyl (C=O) groups is 2. The van der Waals surface area contributed by atoms with Gasteiger partial charge in [-0.15, -0.1) is 0 Å². The van der Waals surface area contributed by atoms with E-state index in [1.54, 1.807) is 60.9 Å². The van der Waals surface area contributed by atoms with Gasteiger partial charge in [-0.3, -0.25) is 19.5 Å². The summed E-state index contributed by atoms with van der Waals surface area (Å²) in [5.41, 5.74) is 3.12. The van der Waals surface area contributed by atoms with Crippen molar-refractivity contribution in [3.63, 3.8) is 0 Å². The average Bonchev–Trinajstić information content (AvgIpc) is 3.11. The highest BCUT2D eigenvalue weighted by atomic mass is 35.5. The Bertz CT molecular complexity index is 1340. The monoisotopic (exact) mass is 475 g/mol. The standard InChI is InChI=1S/C26H22ClN3O4/c1-15-5-7-18(13-19(15)27)30-23(17-4-3-9-28-14-17)22(25(32)26(30)33)24(31)16-6-8-21-20(12-16)29(2)10-11-34-21/h3-9,12-14,23,31H,10-11H2,1-2H3/b24-22-. The molecule has 0 bridgehead atoms. The van der Waals surface area contributed by atoms with Crippen molar-refractivity contribution in [2.24, 2.45) is 0 Å². The molecular weight excluding hydrogens is 454 g/mol. The van der Waals surface area contributed by atoms with Crippen LogP contribution in [0.4, 0.5) is 11.4 Å². The quantitative estimate of drug-likeness (QED) is 0.341. The van der Waals surface area contributed by atoms with Crippen LogP contribution in [0.25, 0.3) is 5.76 Å². The number of aryl methyl sites for hydroxylation is 1. The Kier molecular flexibility index (Phi) is 5.49. The molecule has 0 aliphatic carbocycles. The maximum atomic E-state index is 13.3. The number of aromatic nitrogens is 1. The normalized spacial score (nSPS) is 19.2. The summed E-state index contributed by atoms with van der Waals surface area (Å²) < 4.78 is 5.69. The number of carbonyl (C=O) groups excluding carboxylic acids is 2. The first-order valence-corrected chi connectivity index (χ1v) is 11.2. The minimum absolute atomic E-state index is 0.00553. The molecule has 1 unspecified atom stereocenters. The van der Waals surface area contributed by atoms with E-state index in [1.807, 2.05) is 18.9 Å². The first-order valence-electron chi connectivity index (χ1n) is 10.8. The maximum absolute atomic E-state index is 13.3. The van der Waals surface area contributed by atoms with E-state index >= 15 is 0 Å². The Labute approximate surface area is 201 Å². The van der Waals surface area contributed by atoms with Gasteiger partial charge in [0, 0.05) is 35.7 Å². The van der Waals surface area contributed by atoms with Gasteiger partial charge in [-0.05, 0) is 54.4 Å². The molecule has 1 atom stereocenters. The first kappa shape index (κ1) is 22.0. The third-order valence-corrected chi connectivity index (χ3v) is 6.61. The topological polar surface area (TPSA) is 83.0 Å². The zero-order chi connectivity index (χ0) is 24.0. The molecule has 34 heavy (non-hydrogen) atoms. The van der Waals surface area contributed by atoms with E-state index in [1.165, 1.54) is 4.90 Å². The second-order valence-electron chi connectivity index (χ2n) is 8.34. The van der Waals surface area contributed by atoms with Crippen LogP contribution < -0.4 is 14.5 Å². The lowest BCUT2D eigenvalue weighted by Crippen LogP contribution is -2.29. The molecule has 7 nitrogen and oxygen atoms in total. The number of hydrogen-bond donors (Lipinski definition) is 1. The second-order valence-corrected chi connectivity index (χ2v) is 8.75. The number of benzene rings is 2. The molecule has 1 N–H and O–H groups in total. The average molecular weight is 476 g/mol. The van der Waals surface area contributed by atoms with E-state index in [0.29, 0.717) is 40.7 Å². The number of likely N-dealkylation sites (N-methyl/N-ethyl adjacent to an activating group) is 1. The van der Waals surface area contributed by atoms with Gasteiger partial charge in [-0.2, -0.15) is 0 Å². The number of fused-ring (bicyclic) bond motifs is 1. The highest BCUT2D eigenvalue weighted by Gasteiger charge is 2.47. The van der Waals surface area contributed by atoms with Crippen LogP contribution in [-0.2, 0) is 9.59 Å². The summed E-state index contributed by atoms with van der Waals surface area (Å²) in [5, 5.41) is 11.8. The Morgan fingerprint density at radius 2 is 2.00 bits per heavy atom. The van der Waals surface area contributed by atoms with Crippen molar-refractivity contribution >= 4 is 40.4 Å². The van der Waals surface area contributed by atoms with E-state index in [-0.39, 0.29) is 11.3 Å². The molecule has 2 aromatic carbocycles. The third-order valence-electron chi connectivity index (χ3n) is 6.21. The molecular formula is C26H22ClN3O4. The lowest BCUT2D eigenvalue weighted by atomic mass is 9.95. The van der Waals surface area contributed by atoms with Gasteiger partial charge in [0.1, 0.15) is 18.1 Å². The van der Waals surface area contributed by atoms with Crippen LogP contribution in [0.2, 0.25) is 5.02 Å². The molecule has 1 saturated heterocycles. The number of aliphatic hydroxyl groups excluding tert-OH is 1. The maximum Gasteiger partial charge on any atom is 0.300 e. The molecule has 1 fully saturated rings. The van der Waals surface area contributed by atoms with Gasteiger partial charge in [0.2, 0.25) is 0 Å². The number of pyridine rings is 1. The number of amides is 1. The molecule has 0 spiro atoms. The number of rotatable bonds is 3. The van der Waals surface area contributed by atoms with Gasteiger partial charge < -0.3 is 14.7 Å². The summed E-state index contributed by atoms with van der Waals surface area (Å²) >= 11 is 6.33. The highest BCUT2D eigenvalue weighted by molar-refractivity contribution is 6.51. The predicted octanol–water partition coefficient (Wildman–Crippen LogP) is 4.50. The summed E-state index contributed by atoms with van der Waals surface area (Å²) in [7, 11) is 1.93. The lowest BCUT2D eigenvalue weighted by Gasteiger charge is -2.28. The van der Waals surface area contributed by atoms with Gasteiger partial charge in [0.15, 0.2) is 0 Å². The summed E-state index contributed by atoms with van der Waals surface area (Å²) in [6.45, 7) is 3.13. The van der Waals surface area contributed by atoms with E-state index < -0.39 is 17.7 Å². The van der Waals surface area contributed by atoms with Crippen molar-refractivity contribution in [1.82, 2.24) is 4.98 Å². The van der Waals surface area contributed by atoms with Crippen LogP contribution in [0.15, 0.2) is 66.5 Å². The summed E-state index contributed by atoms with van der Waals surface area (Å²) in [4.78, 5) is 34.1. The SMILES string of the molecule is Cc1ccc(N2C(=O)C(=O)/C(=C(\O)c3ccc4c(c3)N(C)CCO4)C2c2cccnc2)cc1Cl. The molecule has 2 aliphatic heterocycles. The van der Waals surface area contributed by atoms with Crippen LogP contribution in [-0.4, -0.2) is 42.0 Å². The second kappa shape index (κ2) is 8.50. The Morgan fingerprint density at radius 1 is 1.18 bits per heavy atom. The summed E-state index contributed by atoms with van der Waals surface area (Å²) in [6.07, 6.45) is 3.19. The fourth-order valence-electron chi connectivity index (χ4n) is 4.34. The van der Waals surface area contributed by atoms with E-state index in [4.69, 9.17) is 16.3 Å². The number of ether oxygens (including phenoxy) is 1. The molecule has 2 aliphatic rings. The minimum atomic E-state index is -0.863. The molecule has 0 radical (unpaired) electrons. The number of halogens is 1. The summed E-state index contributed by atoms with van der Waals surface area (Å²) in [6, 6.07) is 13.0. The van der Waals surface area contributed by atoms with Crippen LogP contribution in [0, 0.1) is 6.92 Å². The van der Waals surface area contributed by atoms with Crippen molar-refractivity contribution in [2.45, 2.75) is 13.0 Å². The molecule has 3 heterocycles. The van der Waals surface area contributed by atoms with Crippen molar-refractivity contribution in [3.8, 4) is 5.75 Å². The van der Waals surface area contributed by atoms with Crippen molar-refractivity contribution < 1.29 is 19.4 Å². The van der Waals surface area contributed by atoms with Gasteiger partial charge in [0.05, 0.1) is 23.8 Å². The lowest BCUT2D eigenvalue weighted by molar-refractivity contribution is -0.132. The number of aliphatic hydroxyl groups is 1.